The third kappa shape index (κ3) is 2.87. The van der Waals surface area contributed by atoms with Gasteiger partial charge in [0.15, 0.2) is 0 Å². The Morgan fingerprint density at radius 1 is 1.67 bits per heavy atom. The van der Waals surface area contributed by atoms with Crippen molar-refractivity contribution in [2.45, 2.75) is 0 Å². The molecule has 6 nitrogen and oxygen atoms in total. The van der Waals surface area contributed by atoms with Crippen molar-refractivity contribution in [1.29, 1.82) is 0 Å². The molecule has 0 aromatic carbocycles. The van der Waals surface area contributed by atoms with Crippen LogP contribution >= 0.6 is 0 Å². The molecule has 68 valence electrons. The van der Waals surface area contributed by atoms with Crippen molar-refractivity contribution >= 4 is 22.8 Å². The molecule has 0 fully saturated rings. The van der Waals surface area contributed by atoms with Gasteiger partial charge in [-0.1, -0.05) is 10.2 Å². The second-order valence-corrected chi connectivity index (χ2v) is 3.70. The van der Waals surface area contributed by atoms with E-state index < -0.39 is 10.8 Å². The zero-order valence-corrected chi connectivity index (χ0v) is 7.43. The van der Waals surface area contributed by atoms with E-state index in [1.54, 1.807) is 6.26 Å². The van der Waals surface area contributed by atoms with E-state index >= 15 is 0 Å². The summed E-state index contributed by atoms with van der Waals surface area (Å²) < 4.78 is 15.4. The normalized spacial score (nSPS) is 12.8. The van der Waals surface area contributed by atoms with Crippen molar-refractivity contribution in [3.05, 3.63) is 0 Å². The van der Waals surface area contributed by atoms with Gasteiger partial charge in [-0.3, -0.25) is 4.21 Å². The minimum atomic E-state index is -0.816. The maximum absolute atomic E-state index is 10.6. The van der Waals surface area contributed by atoms with Crippen molar-refractivity contribution < 1.29 is 8.63 Å². The molecule has 0 aliphatic heterocycles. The second-order valence-electron chi connectivity index (χ2n) is 2.15. The van der Waals surface area contributed by atoms with Crippen LogP contribution in [0, 0.1) is 0 Å². The molecule has 0 aliphatic carbocycles. The topological polar surface area (TPSA) is 94.0 Å². The van der Waals surface area contributed by atoms with E-state index in [1.807, 2.05) is 0 Å². The Balaban J connectivity index is 2.29. The van der Waals surface area contributed by atoms with Gasteiger partial charge in [0.25, 0.3) is 0 Å². The molecule has 0 bridgehead atoms. The number of nitrogens with one attached hydrogen (secondary N) is 1. The van der Waals surface area contributed by atoms with Crippen LogP contribution in [0.5, 0.6) is 0 Å². The van der Waals surface area contributed by atoms with Crippen molar-refractivity contribution in [2.24, 2.45) is 0 Å². The summed E-state index contributed by atoms with van der Waals surface area (Å²) in [7, 11) is -0.816. The molecule has 1 unspecified atom stereocenters. The molecular weight excluding hydrogens is 180 g/mol. The summed E-state index contributed by atoms with van der Waals surface area (Å²) in [5.74, 6) is 0.544. The molecule has 0 amide bonds. The predicted octanol–water partition coefficient (Wildman–Crippen LogP) is -0.558. The fraction of sp³-hybridized carbons (Fsp3) is 0.600. The lowest BCUT2D eigenvalue weighted by atomic mass is 10.7. The van der Waals surface area contributed by atoms with E-state index in [-0.39, 0.29) is 12.0 Å². The smallest absolute Gasteiger partial charge is 0.316 e. The third-order valence-electron chi connectivity index (χ3n) is 1.11. The van der Waals surface area contributed by atoms with Crippen LogP contribution in [-0.2, 0) is 10.8 Å². The van der Waals surface area contributed by atoms with Crippen LogP contribution in [0.3, 0.4) is 0 Å². The van der Waals surface area contributed by atoms with Gasteiger partial charge in [0.05, 0.1) is 0 Å². The summed E-state index contributed by atoms with van der Waals surface area (Å²) in [6.45, 7) is 0.532. The van der Waals surface area contributed by atoms with E-state index in [4.69, 9.17) is 10.2 Å². The van der Waals surface area contributed by atoms with Crippen molar-refractivity contribution in [3.63, 3.8) is 0 Å². The summed E-state index contributed by atoms with van der Waals surface area (Å²) in [4.78, 5) is 0. The van der Waals surface area contributed by atoms with Gasteiger partial charge < -0.3 is 15.5 Å². The van der Waals surface area contributed by atoms with Gasteiger partial charge in [-0.25, -0.2) is 0 Å². The first-order valence-corrected chi connectivity index (χ1v) is 5.04. The summed E-state index contributed by atoms with van der Waals surface area (Å²) in [6.07, 6.45) is 1.63. The Morgan fingerprint density at radius 3 is 2.92 bits per heavy atom. The molecule has 1 aromatic rings. The minimum absolute atomic E-state index is 0.0233. The summed E-state index contributed by atoms with van der Waals surface area (Å²) in [6, 6.07) is 0.285. The molecule has 1 rings (SSSR count). The van der Waals surface area contributed by atoms with Crippen molar-refractivity contribution in [3.8, 4) is 0 Å². The fourth-order valence-corrected chi connectivity index (χ4v) is 0.997. The van der Waals surface area contributed by atoms with Crippen LogP contribution in [0.15, 0.2) is 4.42 Å². The molecule has 7 heteroatoms. The van der Waals surface area contributed by atoms with Gasteiger partial charge in [0.2, 0.25) is 0 Å². The van der Waals surface area contributed by atoms with E-state index in [2.05, 4.69) is 15.5 Å². The molecule has 0 saturated carbocycles. The zero-order valence-electron chi connectivity index (χ0n) is 6.61. The van der Waals surface area contributed by atoms with E-state index in [0.29, 0.717) is 12.3 Å². The third-order valence-corrected chi connectivity index (χ3v) is 1.89. The second kappa shape index (κ2) is 4.05. The molecule has 0 saturated heterocycles. The predicted molar refractivity (Wildman–Crippen MR) is 46.1 cm³/mol. The van der Waals surface area contributed by atoms with Gasteiger partial charge in [-0.15, -0.1) is 0 Å². The number of nitrogens with zero attached hydrogens (tertiary/aromatic N) is 2. The summed E-state index contributed by atoms with van der Waals surface area (Å²) >= 11 is 0. The van der Waals surface area contributed by atoms with Crippen LogP contribution in [-0.4, -0.2) is 33.0 Å². The molecular formula is C5H10N4O2S. The first-order chi connectivity index (χ1) is 5.68. The van der Waals surface area contributed by atoms with Gasteiger partial charge in [0.1, 0.15) is 0 Å². The van der Waals surface area contributed by atoms with Gasteiger partial charge >= 0.3 is 12.0 Å². The highest BCUT2D eigenvalue weighted by molar-refractivity contribution is 7.84. The Bertz CT molecular complexity index is 274. The number of nitrogens with two attached hydrogens (primary N) is 1. The largest absolute Gasteiger partial charge is 0.390 e. The van der Waals surface area contributed by atoms with E-state index in [0.717, 1.165) is 0 Å². The lowest BCUT2D eigenvalue weighted by Gasteiger charge is -1.96. The van der Waals surface area contributed by atoms with Crippen LogP contribution in [0.4, 0.5) is 12.0 Å². The Hall–Kier alpha value is -1.11. The first kappa shape index (κ1) is 8.98. The van der Waals surface area contributed by atoms with Crippen molar-refractivity contribution in [2.75, 3.05) is 29.6 Å². The lowest BCUT2D eigenvalue weighted by molar-refractivity contribution is 0.588. The number of nitrogen functional groups attached to an aromatic ring is 1. The van der Waals surface area contributed by atoms with Crippen molar-refractivity contribution in [1.82, 2.24) is 10.2 Å². The van der Waals surface area contributed by atoms with E-state index in [9.17, 15) is 4.21 Å². The molecule has 3 N–H and O–H groups in total. The van der Waals surface area contributed by atoms with Crippen LogP contribution in [0.2, 0.25) is 0 Å². The van der Waals surface area contributed by atoms with Gasteiger partial charge in [-0.05, 0) is 0 Å². The average Bonchev–Trinajstić information content (AvgIpc) is 2.35. The Labute approximate surface area is 72.0 Å². The molecule has 0 spiro atoms. The van der Waals surface area contributed by atoms with Crippen LogP contribution in [0.1, 0.15) is 0 Å². The Kier molecular flexibility index (Phi) is 3.03. The van der Waals surface area contributed by atoms with Gasteiger partial charge in [0, 0.05) is 29.4 Å². The molecule has 0 aliphatic rings. The standard InChI is InChI=1S/C5H10N4O2S/c1-12(10)3-2-7-5-9-8-4(6)11-5/h2-3H2,1H3,(H2,6,8)(H,7,9). The number of hydrogen-bond donors (Lipinski definition) is 2. The zero-order chi connectivity index (χ0) is 8.97. The maximum Gasteiger partial charge on any atom is 0.316 e. The average molecular weight is 190 g/mol. The fourth-order valence-electron chi connectivity index (χ4n) is 0.608. The van der Waals surface area contributed by atoms with Gasteiger partial charge in [-0.2, -0.15) is 0 Å². The lowest BCUT2D eigenvalue weighted by Crippen LogP contribution is -2.09. The molecule has 0 radical (unpaired) electrons. The van der Waals surface area contributed by atoms with Crippen LogP contribution < -0.4 is 11.1 Å². The highest BCUT2D eigenvalue weighted by Crippen LogP contribution is 2.04. The highest BCUT2D eigenvalue weighted by atomic mass is 32.2. The highest BCUT2D eigenvalue weighted by Gasteiger charge is 2.00. The SMILES string of the molecule is CS(=O)CCNc1nnc(N)o1. The monoisotopic (exact) mass is 190 g/mol. The molecule has 12 heavy (non-hydrogen) atoms. The number of anilines is 2. The Morgan fingerprint density at radius 2 is 2.42 bits per heavy atom. The first-order valence-electron chi connectivity index (χ1n) is 3.31. The quantitative estimate of drug-likeness (QED) is 0.661. The molecule has 1 atom stereocenters. The summed E-state index contributed by atoms with van der Waals surface area (Å²) in [5, 5.41) is 9.78. The minimum Gasteiger partial charge on any atom is -0.390 e. The number of hydrogen-bond acceptors (Lipinski definition) is 6. The molecule has 1 heterocycles. The number of aromatic nitrogens is 2. The van der Waals surface area contributed by atoms with Crippen LogP contribution in [0.25, 0.3) is 0 Å². The molecule has 1 aromatic heterocycles. The number of rotatable bonds is 4. The van der Waals surface area contributed by atoms with E-state index in [1.165, 1.54) is 0 Å². The summed E-state index contributed by atoms with van der Waals surface area (Å²) in [5.41, 5.74) is 5.17. The maximum atomic E-state index is 10.6.